The molecule has 7 heteroatoms. The normalized spacial score (nSPS) is 11.1. The Balaban J connectivity index is 1.55. The quantitative estimate of drug-likeness (QED) is 0.147. The number of hydrogen-bond donors (Lipinski definition) is 2. The Kier molecular flexibility index (Phi) is 9.12. The van der Waals surface area contributed by atoms with Gasteiger partial charge in [-0.3, -0.25) is 19.7 Å². The molecule has 0 unspecified atom stereocenters. The molecule has 0 fully saturated rings. The van der Waals surface area contributed by atoms with Crippen LogP contribution in [-0.4, -0.2) is 33.7 Å². The zero-order valence-corrected chi connectivity index (χ0v) is 23.9. The number of hydrogen-bond acceptors (Lipinski definition) is 5. The number of pyridine rings is 1. The summed E-state index contributed by atoms with van der Waals surface area (Å²) in [6.45, 7) is 7.76. The monoisotopic (exact) mass is 561 g/mol. The minimum Gasteiger partial charge on any atom is -0.483 e. The molecule has 0 atom stereocenters. The highest BCUT2D eigenvalue weighted by Crippen LogP contribution is 2.35. The summed E-state index contributed by atoms with van der Waals surface area (Å²) >= 11 is 0. The number of amides is 1. The Morgan fingerprint density at radius 1 is 0.810 bits per heavy atom. The summed E-state index contributed by atoms with van der Waals surface area (Å²) < 4.78 is 8.10. The lowest BCUT2D eigenvalue weighted by atomic mass is 9.99. The van der Waals surface area contributed by atoms with Crippen molar-refractivity contribution in [1.82, 2.24) is 14.9 Å². The van der Waals surface area contributed by atoms with Crippen LogP contribution in [0.4, 0.5) is 0 Å². The van der Waals surface area contributed by atoms with E-state index in [-0.39, 0.29) is 17.9 Å². The van der Waals surface area contributed by atoms with Crippen molar-refractivity contribution in [2.45, 2.75) is 33.5 Å². The Morgan fingerprint density at radius 3 is 2.10 bits per heavy atom. The van der Waals surface area contributed by atoms with E-state index in [1.54, 1.807) is 34.3 Å². The molecule has 5 aromatic rings. The van der Waals surface area contributed by atoms with Gasteiger partial charge < -0.3 is 9.30 Å². The molecule has 0 saturated heterocycles. The van der Waals surface area contributed by atoms with Crippen molar-refractivity contribution >= 4 is 16.8 Å². The Labute approximate surface area is 245 Å². The van der Waals surface area contributed by atoms with Crippen LogP contribution < -0.4 is 15.8 Å². The van der Waals surface area contributed by atoms with Crippen LogP contribution in [0.3, 0.4) is 0 Å². The molecule has 1 aromatic heterocycles. The number of nitrogens with one attached hydrogen (secondary N) is 1. The maximum absolute atomic E-state index is 14.2. The van der Waals surface area contributed by atoms with Crippen molar-refractivity contribution in [1.29, 1.82) is 0 Å². The number of rotatable bonds is 11. The molecular formula is C35H35N3O4. The molecule has 1 amide bonds. The lowest BCUT2D eigenvalue weighted by Crippen LogP contribution is -2.24. The van der Waals surface area contributed by atoms with Gasteiger partial charge in [0.1, 0.15) is 6.61 Å². The van der Waals surface area contributed by atoms with E-state index >= 15 is 0 Å². The number of hydroxylamine groups is 1. The average molecular weight is 562 g/mol. The van der Waals surface area contributed by atoms with Crippen molar-refractivity contribution in [3.63, 3.8) is 0 Å². The summed E-state index contributed by atoms with van der Waals surface area (Å²) in [5, 5.41) is 9.83. The molecule has 7 nitrogen and oxygen atoms in total. The SMILES string of the molecule is CCN(CC)Cc1ccc(Cn2c(=O)c(OCc3ccc(C(=O)NO)cc3)c(-c3ccccc3)c3ccccc32)cc1. The maximum Gasteiger partial charge on any atom is 0.294 e. The highest BCUT2D eigenvalue weighted by Gasteiger charge is 2.20. The summed E-state index contributed by atoms with van der Waals surface area (Å²) in [5.74, 6) is -0.317. The molecule has 0 spiro atoms. The van der Waals surface area contributed by atoms with E-state index in [0.29, 0.717) is 12.1 Å². The first-order chi connectivity index (χ1) is 20.5. The second-order valence-electron chi connectivity index (χ2n) is 10.2. The average Bonchev–Trinajstić information content (AvgIpc) is 3.05. The topological polar surface area (TPSA) is 83.8 Å². The number of carbonyl (C=O) groups excluding carboxylic acids is 1. The number of para-hydroxylation sites is 1. The van der Waals surface area contributed by atoms with Gasteiger partial charge in [-0.05, 0) is 53.5 Å². The van der Waals surface area contributed by atoms with Gasteiger partial charge in [0.2, 0.25) is 0 Å². The molecule has 0 saturated carbocycles. The van der Waals surface area contributed by atoms with Crippen LogP contribution in [0.2, 0.25) is 0 Å². The van der Waals surface area contributed by atoms with Gasteiger partial charge in [0.25, 0.3) is 11.5 Å². The van der Waals surface area contributed by atoms with Crippen LogP contribution in [0, 0.1) is 0 Å². The first kappa shape index (κ1) is 28.8. The predicted octanol–water partition coefficient (Wildman–Crippen LogP) is 6.26. The molecular weight excluding hydrogens is 526 g/mol. The van der Waals surface area contributed by atoms with E-state index in [9.17, 15) is 9.59 Å². The van der Waals surface area contributed by atoms with Gasteiger partial charge in [-0.2, -0.15) is 0 Å². The molecule has 0 radical (unpaired) electrons. The molecule has 42 heavy (non-hydrogen) atoms. The molecule has 5 rings (SSSR count). The van der Waals surface area contributed by atoms with Crippen LogP contribution in [-0.2, 0) is 19.7 Å². The lowest BCUT2D eigenvalue weighted by molar-refractivity contribution is 0.0706. The van der Waals surface area contributed by atoms with Crippen molar-refractivity contribution in [3.8, 4) is 16.9 Å². The van der Waals surface area contributed by atoms with E-state index < -0.39 is 5.91 Å². The largest absolute Gasteiger partial charge is 0.483 e. The molecule has 1 heterocycles. The van der Waals surface area contributed by atoms with E-state index in [2.05, 4.69) is 43.0 Å². The number of nitrogens with zero attached hydrogens (tertiary/aromatic N) is 2. The van der Waals surface area contributed by atoms with Gasteiger partial charge in [0, 0.05) is 23.1 Å². The van der Waals surface area contributed by atoms with Crippen LogP contribution >= 0.6 is 0 Å². The summed E-state index contributed by atoms with van der Waals surface area (Å²) in [7, 11) is 0. The molecule has 0 aliphatic heterocycles. The Morgan fingerprint density at radius 2 is 1.43 bits per heavy atom. The smallest absolute Gasteiger partial charge is 0.294 e. The van der Waals surface area contributed by atoms with Gasteiger partial charge in [-0.1, -0.05) is 98.8 Å². The third kappa shape index (κ3) is 6.28. The summed E-state index contributed by atoms with van der Waals surface area (Å²) in [4.78, 5) is 28.3. The van der Waals surface area contributed by atoms with Crippen LogP contribution in [0.1, 0.15) is 40.9 Å². The third-order valence-corrected chi connectivity index (χ3v) is 7.56. The molecule has 0 aliphatic carbocycles. The Bertz CT molecular complexity index is 1710. The van der Waals surface area contributed by atoms with Crippen molar-refractivity contribution < 1.29 is 14.7 Å². The van der Waals surface area contributed by atoms with Gasteiger partial charge >= 0.3 is 0 Å². The first-order valence-electron chi connectivity index (χ1n) is 14.2. The minimum absolute atomic E-state index is 0.133. The zero-order valence-electron chi connectivity index (χ0n) is 23.9. The fourth-order valence-electron chi connectivity index (χ4n) is 5.17. The minimum atomic E-state index is -0.590. The number of benzene rings is 4. The van der Waals surface area contributed by atoms with Crippen molar-refractivity contribution in [2.75, 3.05) is 13.1 Å². The fourth-order valence-corrected chi connectivity index (χ4v) is 5.17. The maximum atomic E-state index is 14.2. The molecule has 0 bridgehead atoms. The number of carbonyl (C=O) groups is 1. The molecule has 214 valence electrons. The van der Waals surface area contributed by atoms with E-state index in [1.165, 1.54) is 5.56 Å². The van der Waals surface area contributed by atoms with Crippen LogP contribution in [0.25, 0.3) is 22.0 Å². The summed E-state index contributed by atoms with van der Waals surface area (Å²) in [6, 6.07) is 32.9. The standard InChI is InChI=1S/C35H35N3O4/c1-3-37(4-2)22-25-14-16-26(17-15-25)23-38-31-13-9-8-12-30(31)32(28-10-6-5-7-11-28)33(35(38)40)42-24-27-18-20-29(21-19-27)34(39)36-41/h5-21,41H,3-4,22-24H2,1-2H3,(H,36,39). The second-order valence-corrected chi connectivity index (χ2v) is 10.2. The number of fused-ring (bicyclic) bond motifs is 1. The van der Waals surface area contributed by atoms with Gasteiger partial charge in [-0.15, -0.1) is 0 Å². The molecule has 4 aromatic carbocycles. The van der Waals surface area contributed by atoms with E-state index in [0.717, 1.165) is 52.8 Å². The summed E-state index contributed by atoms with van der Waals surface area (Å²) in [6.07, 6.45) is 0. The van der Waals surface area contributed by atoms with Crippen LogP contribution in [0.5, 0.6) is 5.75 Å². The highest BCUT2D eigenvalue weighted by atomic mass is 16.5. The summed E-state index contributed by atoms with van der Waals surface area (Å²) in [5.41, 5.74) is 7.27. The molecule has 2 N–H and O–H groups in total. The third-order valence-electron chi connectivity index (χ3n) is 7.56. The number of aromatic nitrogens is 1. The van der Waals surface area contributed by atoms with Crippen LogP contribution in [0.15, 0.2) is 108 Å². The van der Waals surface area contributed by atoms with Gasteiger partial charge in [0.05, 0.1) is 12.1 Å². The van der Waals surface area contributed by atoms with Gasteiger partial charge in [0.15, 0.2) is 5.75 Å². The number of ether oxygens (including phenoxy) is 1. The highest BCUT2D eigenvalue weighted by molar-refractivity contribution is 5.98. The molecule has 0 aliphatic rings. The lowest BCUT2D eigenvalue weighted by Gasteiger charge is -2.20. The second kappa shape index (κ2) is 13.3. The predicted molar refractivity (Wildman–Crippen MR) is 166 cm³/mol. The van der Waals surface area contributed by atoms with Crippen molar-refractivity contribution in [2.24, 2.45) is 0 Å². The zero-order chi connectivity index (χ0) is 29.5. The Hall–Kier alpha value is -4.72. The van der Waals surface area contributed by atoms with Crippen molar-refractivity contribution in [3.05, 3.63) is 136 Å². The fraction of sp³-hybridized carbons (Fsp3) is 0.200. The van der Waals surface area contributed by atoms with Gasteiger partial charge in [-0.25, -0.2) is 5.48 Å². The van der Waals surface area contributed by atoms with E-state index in [1.807, 2.05) is 54.6 Å². The first-order valence-corrected chi connectivity index (χ1v) is 14.2. The van der Waals surface area contributed by atoms with E-state index in [4.69, 9.17) is 9.94 Å².